The lowest BCUT2D eigenvalue weighted by molar-refractivity contribution is 0.637. The van der Waals surface area contributed by atoms with Crippen LogP contribution in [0.4, 0.5) is 0 Å². The van der Waals surface area contributed by atoms with Crippen LogP contribution in [-0.4, -0.2) is 15.0 Å². The zero-order valence-electron chi connectivity index (χ0n) is 9.31. The summed E-state index contributed by atoms with van der Waals surface area (Å²) in [4.78, 5) is 1.64. The molecule has 78 valence electrons. The predicted molar refractivity (Wildman–Crippen MR) is 60.5 cm³/mol. The van der Waals surface area contributed by atoms with Gasteiger partial charge in [0.1, 0.15) is 5.69 Å². The molecule has 0 fully saturated rings. The summed E-state index contributed by atoms with van der Waals surface area (Å²) in [5.74, 6) is 0.397. The first kappa shape index (κ1) is 9.90. The van der Waals surface area contributed by atoms with Gasteiger partial charge in [-0.3, -0.25) is 0 Å². The topological polar surface area (TPSA) is 30.7 Å². The predicted octanol–water partition coefficient (Wildman–Crippen LogP) is 2.61. The number of hydrogen-bond donors (Lipinski definition) is 0. The van der Waals surface area contributed by atoms with Crippen LogP contribution < -0.4 is 0 Å². The van der Waals surface area contributed by atoms with E-state index in [1.54, 1.807) is 4.80 Å². The molecule has 3 heteroatoms. The van der Waals surface area contributed by atoms with Gasteiger partial charge < -0.3 is 0 Å². The Kier molecular flexibility index (Phi) is 2.54. The van der Waals surface area contributed by atoms with Crippen molar-refractivity contribution >= 4 is 0 Å². The molecule has 0 aliphatic rings. The molecule has 0 unspecified atom stereocenters. The molecule has 2 rings (SSSR count). The van der Waals surface area contributed by atoms with Crippen molar-refractivity contribution in [2.24, 2.45) is 7.05 Å². The monoisotopic (exact) mass is 201 g/mol. The van der Waals surface area contributed by atoms with Gasteiger partial charge in [-0.05, 0) is 5.92 Å². The van der Waals surface area contributed by atoms with Gasteiger partial charge in [-0.15, -0.1) is 0 Å². The minimum Gasteiger partial charge on any atom is -0.187 e. The summed E-state index contributed by atoms with van der Waals surface area (Å²) in [7, 11) is 1.86. The van der Waals surface area contributed by atoms with Gasteiger partial charge in [0.15, 0.2) is 0 Å². The van der Waals surface area contributed by atoms with Crippen LogP contribution in [0.25, 0.3) is 11.3 Å². The third kappa shape index (κ3) is 1.91. The summed E-state index contributed by atoms with van der Waals surface area (Å²) in [5, 5.41) is 8.80. The summed E-state index contributed by atoms with van der Waals surface area (Å²) in [6.45, 7) is 4.27. The third-order valence-corrected chi connectivity index (χ3v) is 2.33. The van der Waals surface area contributed by atoms with E-state index < -0.39 is 0 Å². The van der Waals surface area contributed by atoms with Gasteiger partial charge in [-0.25, -0.2) is 0 Å². The number of benzene rings is 1. The average molecular weight is 201 g/mol. The third-order valence-electron chi connectivity index (χ3n) is 2.33. The molecular formula is C12H15N3. The van der Waals surface area contributed by atoms with E-state index >= 15 is 0 Å². The van der Waals surface area contributed by atoms with Crippen LogP contribution in [0.2, 0.25) is 0 Å². The maximum atomic E-state index is 4.41. The molecular weight excluding hydrogens is 186 g/mol. The first-order valence-corrected chi connectivity index (χ1v) is 5.15. The quantitative estimate of drug-likeness (QED) is 0.747. The first-order valence-electron chi connectivity index (χ1n) is 5.15. The normalized spacial score (nSPS) is 10.9. The smallest absolute Gasteiger partial charge is 0.116 e. The van der Waals surface area contributed by atoms with E-state index in [9.17, 15) is 0 Å². The van der Waals surface area contributed by atoms with Gasteiger partial charge in [0, 0.05) is 12.6 Å². The van der Waals surface area contributed by atoms with Crippen molar-refractivity contribution in [3.63, 3.8) is 0 Å². The zero-order chi connectivity index (χ0) is 10.8. The molecule has 0 saturated heterocycles. The van der Waals surface area contributed by atoms with Gasteiger partial charge in [-0.1, -0.05) is 44.2 Å². The summed E-state index contributed by atoms with van der Waals surface area (Å²) >= 11 is 0. The van der Waals surface area contributed by atoms with Crippen LogP contribution in [-0.2, 0) is 7.05 Å². The van der Waals surface area contributed by atoms with Gasteiger partial charge in [-0.2, -0.15) is 15.0 Å². The maximum Gasteiger partial charge on any atom is 0.116 e. The highest BCUT2D eigenvalue weighted by atomic mass is 15.5. The fourth-order valence-corrected chi connectivity index (χ4v) is 1.61. The average Bonchev–Trinajstić information content (AvgIpc) is 2.62. The Balaban J connectivity index is 2.53. The van der Waals surface area contributed by atoms with Crippen LogP contribution >= 0.6 is 0 Å². The highest BCUT2D eigenvalue weighted by Crippen LogP contribution is 2.24. The second-order valence-electron chi connectivity index (χ2n) is 3.94. The Morgan fingerprint density at radius 1 is 1.07 bits per heavy atom. The SMILES string of the molecule is CC(C)c1nn(C)nc1-c1ccccc1. The van der Waals surface area contributed by atoms with E-state index in [4.69, 9.17) is 0 Å². The Hall–Kier alpha value is -1.64. The van der Waals surface area contributed by atoms with Crippen LogP contribution in [0.5, 0.6) is 0 Å². The molecule has 0 amide bonds. The molecule has 15 heavy (non-hydrogen) atoms. The minimum atomic E-state index is 0.397. The van der Waals surface area contributed by atoms with Gasteiger partial charge in [0.2, 0.25) is 0 Å². The van der Waals surface area contributed by atoms with Crippen molar-refractivity contribution in [3.8, 4) is 11.3 Å². The zero-order valence-corrected chi connectivity index (χ0v) is 9.31. The number of aryl methyl sites for hydroxylation is 1. The summed E-state index contributed by atoms with van der Waals surface area (Å²) < 4.78 is 0. The van der Waals surface area contributed by atoms with E-state index in [0.717, 1.165) is 17.0 Å². The highest BCUT2D eigenvalue weighted by Gasteiger charge is 2.14. The molecule has 1 aromatic carbocycles. The fraction of sp³-hybridized carbons (Fsp3) is 0.333. The van der Waals surface area contributed by atoms with E-state index in [-0.39, 0.29) is 0 Å². The van der Waals surface area contributed by atoms with Crippen molar-refractivity contribution in [1.29, 1.82) is 0 Å². The molecule has 1 heterocycles. The molecule has 0 radical (unpaired) electrons. The van der Waals surface area contributed by atoms with E-state index in [2.05, 4.69) is 36.2 Å². The number of aromatic nitrogens is 3. The van der Waals surface area contributed by atoms with Crippen molar-refractivity contribution in [1.82, 2.24) is 15.0 Å². The van der Waals surface area contributed by atoms with Crippen LogP contribution in [0.1, 0.15) is 25.5 Å². The van der Waals surface area contributed by atoms with E-state index in [1.165, 1.54) is 0 Å². The Bertz CT molecular complexity index is 443. The second kappa shape index (κ2) is 3.85. The maximum absolute atomic E-state index is 4.41. The lowest BCUT2D eigenvalue weighted by Gasteiger charge is -2.02. The highest BCUT2D eigenvalue weighted by molar-refractivity contribution is 5.61. The standard InChI is InChI=1S/C12H15N3/c1-9(2)11-12(14-15(3)13-11)10-7-5-4-6-8-10/h4-9H,1-3H3. The summed E-state index contributed by atoms with van der Waals surface area (Å²) in [6, 6.07) is 10.2. The molecule has 1 aromatic heterocycles. The Morgan fingerprint density at radius 3 is 2.33 bits per heavy atom. The second-order valence-corrected chi connectivity index (χ2v) is 3.94. The Morgan fingerprint density at radius 2 is 1.73 bits per heavy atom. The van der Waals surface area contributed by atoms with Crippen molar-refractivity contribution in [3.05, 3.63) is 36.0 Å². The summed E-state index contributed by atoms with van der Waals surface area (Å²) in [6.07, 6.45) is 0. The van der Waals surface area contributed by atoms with Crippen molar-refractivity contribution < 1.29 is 0 Å². The van der Waals surface area contributed by atoms with Crippen LogP contribution in [0.15, 0.2) is 30.3 Å². The van der Waals surface area contributed by atoms with Crippen molar-refractivity contribution in [2.75, 3.05) is 0 Å². The largest absolute Gasteiger partial charge is 0.187 e. The van der Waals surface area contributed by atoms with Crippen LogP contribution in [0, 0.1) is 0 Å². The Labute approximate surface area is 89.7 Å². The molecule has 3 nitrogen and oxygen atoms in total. The molecule has 0 spiro atoms. The van der Waals surface area contributed by atoms with Gasteiger partial charge >= 0.3 is 0 Å². The van der Waals surface area contributed by atoms with Gasteiger partial charge in [0.25, 0.3) is 0 Å². The van der Waals surface area contributed by atoms with Crippen molar-refractivity contribution in [2.45, 2.75) is 19.8 Å². The lowest BCUT2D eigenvalue weighted by Crippen LogP contribution is -1.94. The first-order chi connectivity index (χ1) is 7.18. The minimum absolute atomic E-state index is 0.397. The van der Waals surface area contributed by atoms with Crippen LogP contribution in [0.3, 0.4) is 0 Å². The molecule has 0 saturated carbocycles. The fourth-order valence-electron chi connectivity index (χ4n) is 1.61. The number of rotatable bonds is 2. The molecule has 0 bridgehead atoms. The summed E-state index contributed by atoms with van der Waals surface area (Å²) in [5.41, 5.74) is 3.19. The number of nitrogens with zero attached hydrogens (tertiary/aromatic N) is 3. The molecule has 0 atom stereocenters. The van der Waals surface area contributed by atoms with Gasteiger partial charge in [0.05, 0.1) is 5.69 Å². The van der Waals surface area contributed by atoms with E-state index in [0.29, 0.717) is 5.92 Å². The number of hydrogen-bond acceptors (Lipinski definition) is 2. The molecule has 0 aliphatic heterocycles. The van der Waals surface area contributed by atoms with E-state index in [1.807, 2.05) is 25.2 Å². The molecule has 2 aromatic rings. The molecule has 0 aliphatic carbocycles. The lowest BCUT2D eigenvalue weighted by atomic mass is 10.0. The molecule has 0 N–H and O–H groups in total.